The van der Waals surface area contributed by atoms with Crippen molar-refractivity contribution in [2.75, 3.05) is 0 Å². The van der Waals surface area contributed by atoms with Crippen LogP contribution in [0.5, 0.6) is 0 Å². The Balaban J connectivity index is 1.83. The first-order valence-corrected chi connectivity index (χ1v) is 6.57. The molecule has 1 aromatic heterocycles. The molecule has 0 bridgehead atoms. The van der Waals surface area contributed by atoms with Crippen molar-refractivity contribution in [3.05, 3.63) is 29.3 Å². The van der Waals surface area contributed by atoms with Crippen LogP contribution in [0.3, 0.4) is 0 Å². The number of fused-ring (bicyclic) bond motifs is 2. The van der Waals surface area contributed by atoms with Gasteiger partial charge in [0.2, 0.25) is 0 Å². The molecule has 0 saturated heterocycles. The van der Waals surface area contributed by atoms with Gasteiger partial charge in [-0.05, 0) is 36.8 Å². The van der Waals surface area contributed by atoms with E-state index in [9.17, 15) is 9.18 Å². The van der Waals surface area contributed by atoms with Crippen LogP contribution >= 0.6 is 0 Å². The number of aromatic nitrogens is 2. The van der Waals surface area contributed by atoms with Crippen molar-refractivity contribution in [2.24, 2.45) is 11.8 Å². The van der Waals surface area contributed by atoms with Crippen LogP contribution < -0.4 is 0 Å². The number of carboxylic acid groups (broad SMARTS) is 1. The summed E-state index contributed by atoms with van der Waals surface area (Å²) in [5.74, 6) is 0.954. The smallest absolute Gasteiger partial charge is 0.338 e. The standard InChI is InChI=1S/C14H13FN2O2/c15-6-4-9(14(18)19)12-10(5-6)16-13(17-12)11-7-2-1-3-8(7)11/h4-5,7-8,11H,1-3H2,(H,16,17)(H,18,19). The summed E-state index contributed by atoms with van der Waals surface area (Å²) in [5.41, 5.74) is 0.787. The highest BCUT2D eigenvalue weighted by molar-refractivity contribution is 6.01. The van der Waals surface area contributed by atoms with Gasteiger partial charge in [-0.15, -0.1) is 0 Å². The van der Waals surface area contributed by atoms with Crippen LogP contribution in [-0.2, 0) is 0 Å². The normalized spacial score (nSPS) is 28.6. The van der Waals surface area contributed by atoms with Gasteiger partial charge in [0, 0.05) is 5.92 Å². The molecule has 4 nitrogen and oxygen atoms in total. The third-order valence-corrected chi connectivity index (χ3v) is 4.52. The SMILES string of the molecule is O=C(O)c1cc(F)cc2[nH]c(C3C4CCCC43)nc12. The molecule has 2 unspecified atom stereocenters. The molecule has 0 radical (unpaired) electrons. The maximum Gasteiger partial charge on any atom is 0.338 e. The number of carbonyl (C=O) groups is 1. The minimum absolute atomic E-state index is 0.0664. The molecule has 19 heavy (non-hydrogen) atoms. The molecular formula is C14H13FN2O2. The van der Waals surface area contributed by atoms with Crippen molar-refractivity contribution < 1.29 is 14.3 Å². The van der Waals surface area contributed by atoms with Crippen LogP contribution in [0.4, 0.5) is 4.39 Å². The highest BCUT2D eigenvalue weighted by Gasteiger charge is 2.54. The Kier molecular flexibility index (Phi) is 2.05. The van der Waals surface area contributed by atoms with Gasteiger partial charge in [-0.25, -0.2) is 14.2 Å². The average molecular weight is 260 g/mol. The third-order valence-electron chi connectivity index (χ3n) is 4.52. The first kappa shape index (κ1) is 11.0. The van der Waals surface area contributed by atoms with Gasteiger partial charge in [-0.3, -0.25) is 0 Å². The van der Waals surface area contributed by atoms with Crippen molar-refractivity contribution in [2.45, 2.75) is 25.2 Å². The second-order valence-corrected chi connectivity index (χ2v) is 5.56. The Hall–Kier alpha value is -1.91. The lowest BCUT2D eigenvalue weighted by molar-refractivity contribution is 0.0698. The van der Waals surface area contributed by atoms with E-state index in [1.165, 1.54) is 25.3 Å². The number of halogens is 1. The number of hydrogen-bond acceptors (Lipinski definition) is 2. The van der Waals surface area contributed by atoms with Gasteiger partial charge >= 0.3 is 5.97 Å². The van der Waals surface area contributed by atoms with Crippen molar-refractivity contribution in [1.29, 1.82) is 0 Å². The Morgan fingerprint density at radius 1 is 1.37 bits per heavy atom. The molecule has 0 spiro atoms. The Bertz CT molecular complexity index is 684. The Morgan fingerprint density at radius 2 is 2.11 bits per heavy atom. The van der Waals surface area contributed by atoms with Gasteiger partial charge in [0.25, 0.3) is 0 Å². The van der Waals surface area contributed by atoms with Crippen LogP contribution in [0.1, 0.15) is 41.4 Å². The number of aromatic amines is 1. The van der Waals surface area contributed by atoms with E-state index in [0.29, 0.717) is 28.8 Å². The summed E-state index contributed by atoms with van der Waals surface area (Å²) in [5, 5.41) is 9.11. The number of rotatable bonds is 2. The molecule has 2 aromatic rings. The number of imidazole rings is 1. The van der Waals surface area contributed by atoms with Gasteiger partial charge in [-0.1, -0.05) is 6.42 Å². The molecule has 2 aliphatic carbocycles. The summed E-state index contributed by atoms with van der Waals surface area (Å²) in [7, 11) is 0. The third kappa shape index (κ3) is 1.50. The van der Waals surface area contributed by atoms with E-state index in [4.69, 9.17) is 5.11 Å². The molecule has 98 valence electrons. The van der Waals surface area contributed by atoms with Crippen LogP contribution in [0, 0.1) is 17.7 Å². The largest absolute Gasteiger partial charge is 0.478 e. The summed E-state index contributed by atoms with van der Waals surface area (Å²) in [4.78, 5) is 18.7. The average Bonchev–Trinajstić information content (AvgIpc) is 2.78. The minimum atomic E-state index is -1.14. The van der Waals surface area contributed by atoms with Crippen LogP contribution in [0.15, 0.2) is 12.1 Å². The number of carboxylic acids is 1. The van der Waals surface area contributed by atoms with E-state index in [0.717, 1.165) is 11.9 Å². The van der Waals surface area contributed by atoms with Gasteiger partial charge < -0.3 is 10.1 Å². The number of aromatic carboxylic acids is 1. The minimum Gasteiger partial charge on any atom is -0.478 e. The maximum atomic E-state index is 13.4. The van der Waals surface area contributed by atoms with Crippen LogP contribution in [-0.4, -0.2) is 21.0 Å². The lowest BCUT2D eigenvalue weighted by Gasteiger charge is -1.97. The molecule has 0 aliphatic heterocycles. The first-order valence-electron chi connectivity index (χ1n) is 6.57. The molecule has 1 heterocycles. The quantitative estimate of drug-likeness (QED) is 0.872. The summed E-state index contributed by atoms with van der Waals surface area (Å²) >= 11 is 0. The highest BCUT2D eigenvalue weighted by Crippen LogP contribution is 2.62. The first-order chi connectivity index (χ1) is 9.15. The Morgan fingerprint density at radius 3 is 2.79 bits per heavy atom. The topological polar surface area (TPSA) is 66.0 Å². The van der Waals surface area contributed by atoms with Gasteiger partial charge in [-0.2, -0.15) is 0 Å². The summed E-state index contributed by atoms with van der Waals surface area (Å²) in [6.07, 6.45) is 3.74. The summed E-state index contributed by atoms with van der Waals surface area (Å²) in [6, 6.07) is 2.35. The highest BCUT2D eigenvalue weighted by atomic mass is 19.1. The zero-order chi connectivity index (χ0) is 13.1. The van der Waals surface area contributed by atoms with E-state index >= 15 is 0 Å². The van der Waals surface area contributed by atoms with E-state index in [-0.39, 0.29) is 5.56 Å². The monoisotopic (exact) mass is 260 g/mol. The van der Waals surface area contributed by atoms with Crippen LogP contribution in [0.25, 0.3) is 11.0 Å². The fraction of sp³-hybridized carbons (Fsp3) is 0.429. The molecule has 0 amide bonds. The predicted octanol–water partition coefficient (Wildman–Crippen LogP) is 2.91. The predicted molar refractivity (Wildman–Crippen MR) is 66.6 cm³/mol. The molecule has 2 saturated carbocycles. The molecule has 5 heteroatoms. The van der Waals surface area contributed by atoms with Crippen LogP contribution in [0.2, 0.25) is 0 Å². The van der Waals surface area contributed by atoms with E-state index in [1.54, 1.807) is 0 Å². The molecular weight excluding hydrogens is 247 g/mol. The Labute approximate surface area is 108 Å². The van der Waals surface area contributed by atoms with E-state index in [2.05, 4.69) is 9.97 Å². The molecule has 1 aromatic carbocycles. The van der Waals surface area contributed by atoms with E-state index in [1.807, 2.05) is 0 Å². The second-order valence-electron chi connectivity index (χ2n) is 5.56. The number of nitrogens with zero attached hydrogens (tertiary/aromatic N) is 1. The number of H-pyrrole nitrogens is 1. The number of nitrogens with one attached hydrogen (secondary N) is 1. The lowest BCUT2D eigenvalue weighted by Crippen LogP contribution is -1.98. The van der Waals surface area contributed by atoms with Crippen molar-refractivity contribution in [3.8, 4) is 0 Å². The lowest BCUT2D eigenvalue weighted by atomic mass is 10.1. The maximum absolute atomic E-state index is 13.4. The summed E-state index contributed by atoms with van der Waals surface area (Å²) in [6.45, 7) is 0. The molecule has 2 N–H and O–H groups in total. The zero-order valence-corrected chi connectivity index (χ0v) is 10.2. The molecule has 4 rings (SSSR count). The van der Waals surface area contributed by atoms with Gasteiger partial charge in [0.15, 0.2) is 0 Å². The molecule has 2 aliphatic rings. The van der Waals surface area contributed by atoms with Crippen molar-refractivity contribution >= 4 is 17.0 Å². The van der Waals surface area contributed by atoms with Gasteiger partial charge in [0.1, 0.15) is 17.2 Å². The van der Waals surface area contributed by atoms with E-state index < -0.39 is 11.8 Å². The van der Waals surface area contributed by atoms with Gasteiger partial charge in [0.05, 0.1) is 11.1 Å². The van der Waals surface area contributed by atoms with Crippen molar-refractivity contribution in [1.82, 2.24) is 9.97 Å². The van der Waals surface area contributed by atoms with Crippen molar-refractivity contribution in [3.63, 3.8) is 0 Å². The fourth-order valence-electron chi connectivity index (χ4n) is 3.65. The summed E-state index contributed by atoms with van der Waals surface area (Å²) < 4.78 is 13.4. The number of benzene rings is 1. The molecule has 2 fully saturated rings. The fourth-order valence-corrected chi connectivity index (χ4v) is 3.65. The number of hydrogen-bond donors (Lipinski definition) is 2. The molecule has 2 atom stereocenters. The second kappa shape index (κ2) is 3.56. The zero-order valence-electron chi connectivity index (χ0n) is 10.2.